The lowest BCUT2D eigenvalue weighted by Crippen LogP contribution is -2.36. The van der Waals surface area contributed by atoms with Crippen molar-refractivity contribution in [1.82, 2.24) is 4.98 Å². The molecule has 0 atom stereocenters. The third-order valence-corrected chi connectivity index (χ3v) is 5.93. The summed E-state index contributed by atoms with van der Waals surface area (Å²) in [5, 5.41) is 2.83. The summed E-state index contributed by atoms with van der Waals surface area (Å²) in [4.78, 5) is 19.7. The number of hydrogen-bond acceptors (Lipinski definition) is 5. The quantitative estimate of drug-likeness (QED) is 0.591. The average molecular weight is 409 g/mol. The number of carbonyl (C=O) groups excluding carboxylic acids is 1. The monoisotopic (exact) mass is 408 g/mol. The fraction of sp³-hybridized carbons (Fsp3) is 0.304. The predicted octanol–water partition coefficient (Wildman–Crippen LogP) is 4.74. The normalized spacial score (nSPS) is 13.1. The van der Waals surface area contributed by atoms with Gasteiger partial charge in [-0.25, -0.2) is 4.98 Å². The average Bonchev–Trinajstić information content (AvgIpc) is 3.21. The summed E-state index contributed by atoms with van der Waals surface area (Å²) in [6, 6.07) is 13.8. The van der Waals surface area contributed by atoms with Crippen molar-refractivity contribution in [3.8, 4) is 22.1 Å². The van der Waals surface area contributed by atoms with E-state index >= 15 is 0 Å². The summed E-state index contributed by atoms with van der Waals surface area (Å²) >= 11 is 1.54. The van der Waals surface area contributed by atoms with E-state index in [1.54, 1.807) is 7.11 Å². The van der Waals surface area contributed by atoms with Crippen molar-refractivity contribution in [1.29, 1.82) is 0 Å². The number of para-hydroxylation sites is 2. The molecule has 1 aliphatic rings. The molecule has 5 nitrogen and oxygen atoms in total. The van der Waals surface area contributed by atoms with Gasteiger partial charge in [-0.1, -0.05) is 24.3 Å². The number of rotatable bonds is 6. The summed E-state index contributed by atoms with van der Waals surface area (Å²) in [7, 11) is 1.65. The van der Waals surface area contributed by atoms with Crippen molar-refractivity contribution in [3.05, 3.63) is 59.1 Å². The smallest absolute Gasteiger partial charge is 0.233 e. The topological polar surface area (TPSA) is 51.7 Å². The number of nitrogens with zero attached hydrogens (tertiary/aromatic N) is 2. The van der Waals surface area contributed by atoms with Gasteiger partial charge >= 0.3 is 0 Å². The lowest BCUT2D eigenvalue weighted by atomic mass is 10.0. The van der Waals surface area contributed by atoms with E-state index in [0.717, 1.165) is 51.9 Å². The lowest BCUT2D eigenvalue weighted by molar-refractivity contribution is -0.118. The molecule has 2 aromatic carbocycles. The van der Waals surface area contributed by atoms with Crippen LogP contribution in [0.15, 0.2) is 47.8 Å². The number of thiazole rings is 1. The number of hydrogen-bond donors (Lipinski definition) is 0. The van der Waals surface area contributed by atoms with E-state index in [2.05, 4.69) is 6.07 Å². The molecular formula is C23H24N2O3S. The van der Waals surface area contributed by atoms with Gasteiger partial charge in [0.05, 0.1) is 37.1 Å². The summed E-state index contributed by atoms with van der Waals surface area (Å²) in [5.74, 6) is 1.61. The molecule has 0 unspecified atom stereocenters. The van der Waals surface area contributed by atoms with E-state index in [0.29, 0.717) is 13.2 Å². The molecule has 0 saturated carbocycles. The molecule has 4 rings (SSSR count). The minimum absolute atomic E-state index is 0.0467. The van der Waals surface area contributed by atoms with Crippen LogP contribution >= 0.6 is 11.3 Å². The van der Waals surface area contributed by atoms with Gasteiger partial charge in [-0.2, -0.15) is 0 Å². The Bertz CT molecular complexity index is 1000. The fourth-order valence-electron chi connectivity index (χ4n) is 3.72. The van der Waals surface area contributed by atoms with E-state index in [9.17, 15) is 4.79 Å². The van der Waals surface area contributed by atoms with E-state index in [1.807, 2.05) is 53.6 Å². The first-order valence-corrected chi connectivity index (χ1v) is 10.7. The van der Waals surface area contributed by atoms with Gasteiger partial charge < -0.3 is 14.4 Å². The van der Waals surface area contributed by atoms with Crippen LogP contribution in [-0.4, -0.2) is 31.2 Å². The van der Waals surface area contributed by atoms with Crippen LogP contribution in [0.2, 0.25) is 0 Å². The molecule has 0 fully saturated rings. The summed E-state index contributed by atoms with van der Waals surface area (Å²) in [5.41, 5.74) is 3.81. The van der Waals surface area contributed by atoms with Crippen LogP contribution in [0.4, 0.5) is 5.69 Å². The Kier molecular flexibility index (Phi) is 5.81. The minimum Gasteiger partial charge on any atom is -0.495 e. The number of fused-ring (bicyclic) bond motifs is 1. The Morgan fingerprint density at radius 1 is 1.17 bits per heavy atom. The number of benzene rings is 2. The van der Waals surface area contributed by atoms with E-state index in [1.165, 1.54) is 11.3 Å². The second kappa shape index (κ2) is 8.66. The van der Waals surface area contributed by atoms with Gasteiger partial charge in [0.25, 0.3) is 0 Å². The third-order valence-electron chi connectivity index (χ3n) is 5.00. The maximum Gasteiger partial charge on any atom is 0.233 e. The van der Waals surface area contributed by atoms with Crippen LogP contribution in [0.3, 0.4) is 0 Å². The molecule has 0 radical (unpaired) electrons. The predicted molar refractivity (Wildman–Crippen MR) is 116 cm³/mol. The molecule has 0 bridgehead atoms. The zero-order chi connectivity index (χ0) is 20.2. The first-order valence-electron chi connectivity index (χ1n) is 9.84. The van der Waals surface area contributed by atoms with Gasteiger partial charge in [0.2, 0.25) is 5.91 Å². The zero-order valence-corrected chi connectivity index (χ0v) is 17.5. The van der Waals surface area contributed by atoms with Gasteiger partial charge in [0.15, 0.2) is 0 Å². The van der Waals surface area contributed by atoms with Gasteiger partial charge in [-0.3, -0.25) is 4.79 Å². The third kappa shape index (κ3) is 3.98. The molecule has 1 aliphatic heterocycles. The van der Waals surface area contributed by atoms with Crippen molar-refractivity contribution >= 4 is 22.9 Å². The Morgan fingerprint density at radius 2 is 2.00 bits per heavy atom. The number of amides is 1. The summed E-state index contributed by atoms with van der Waals surface area (Å²) < 4.78 is 11.2. The molecule has 150 valence electrons. The molecule has 0 aliphatic carbocycles. The maximum absolute atomic E-state index is 13.1. The van der Waals surface area contributed by atoms with Crippen LogP contribution in [0, 0.1) is 0 Å². The zero-order valence-electron chi connectivity index (χ0n) is 16.7. The van der Waals surface area contributed by atoms with E-state index in [-0.39, 0.29) is 12.3 Å². The van der Waals surface area contributed by atoms with Gasteiger partial charge in [-0.05, 0) is 43.5 Å². The number of methoxy groups -OCH3 is 1. The number of anilines is 1. The molecule has 0 spiro atoms. The summed E-state index contributed by atoms with van der Waals surface area (Å²) in [6.07, 6.45) is 2.19. The SMILES string of the molecule is CCOc1ccccc1-c1nc(CC(=O)N2CCCc3cccc(OC)c32)cs1. The largest absolute Gasteiger partial charge is 0.495 e. The highest BCUT2D eigenvalue weighted by Crippen LogP contribution is 2.37. The van der Waals surface area contributed by atoms with Crippen LogP contribution in [0.1, 0.15) is 24.6 Å². The number of ether oxygens (including phenoxy) is 2. The molecule has 1 aromatic heterocycles. The highest BCUT2D eigenvalue weighted by atomic mass is 32.1. The van der Waals surface area contributed by atoms with Gasteiger partial charge in [-0.15, -0.1) is 11.3 Å². The molecule has 0 N–H and O–H groups in total. The number of aryl methyl sites for hydroxylation is 1. The molecule has 0 saturated heterocycles. The van der Waals surface area contributed by atoms with Crippen molar-refractivity contribution < 1.29 is 14.3 Å². The van der Waals surface area contributed by atoms with Crippen molar-refractivity contribution in [2.45, 2.75) is 26.2 Å². The molecular weight excluding hydrogens is 384 g/mol. The van der Waals surface area contributed by atoms with Crippen LogP contribution in [-0.2, 0) is 17.6 Å². The highest BCUT2D eigenvalue weighted by Gasteiger charge is 2.26. The highest BCUT2D eigenvalue weighted by molar-refractivity contribution is 7.13. The Morgan fingerprint density at radius 3 is 2.83 bits per heavy atom. The van der Waals surface area contributed by atoms with Crippen molar-refractivity contribution in [2.24, 2.45) is 0 Å². The second-order valence-electron chi connectivity index (χ2n) is 6.87. The van der Waals surface area contributed by atoms with Crippen LogP contribution in [0.25, 0.3) is 10.6 Å². The van der Waals surface area contributed by atoms with Crippen LogP contribution < -0.4 is 14.4 Å². The molecule has 3 aromatic rings. The maximum atomic E-state index is 13.1. The Labute approximate surface area is 174 Å². The molecule has 6 heteroatoms. The minimum atomic E-state index is 0.0467. The molecule has 1 amide bonds. The Hall–Kier alpha value is -2.86. The number of carbonyl (C=O) groups is 1. The van der Waals surface area contributed by atoms with Crippen molar-refractivity contribution in [3.63, 3.8) is 0 Å². The standard InChI is InChI=1S/C23H24N2O3S/c1-3-28-19-11-5-4-10-18(19)23-24-17(15-29-23)14-21(26)25-13-7-9-16-8-6-12-20(27-2)22(16)25/h4-6,8,10-12,15H,3,7,9,13-14H2,1-2H3. The molecule has 2 heterocycles. The fourth-order valence-corrected chi connectivity index (χ4v) is 4.57. The Balaban J connectivity index is 1.56. The second-order valence-corrected chi connectivity index (χ2v) is 7.72. The first kappa shape index (κ1) is 19.5. The lowest BCUT2D eigenvalue weighted by Gasteiger charge is -2.30. The van der Waals surface area contributed by atoms with Gasteiger partial charge in [0, 0.05) is 11.9 Å². The number of aromatic nitrogens is 1. The van der Waals surface area contributed by atoms with Crippen LogP contribution in [0.5, 0.6) is 11.5 Å². The molecule has 29 heavy (non-hydrogen) atoms. The van der Waals surface area contributed by atoms with E-state index in [4.69, 9.17) is 14.5 Å². The van der Waals surface area contributed by atoms with Crippen molar-refractivity contribution in [2.75, 3.05) is 25.2 Å². The van der Waals surface area contributed by atoms with E-state index < -0.39 is 0 Å². The summed E-state index contributed by atoms with van der Waals surface area (Å²) in [6.45, 7) is 3.27. The van der Waals surface area contributed by atoms with Gasteiger partial charge in [0.1, 0.15) is 16.5 Å². The first-order chi connectivity index (χ1) is 14.2.